The van der Waals surface area contributed by atoms with Crippen LogP contribution in [0.1, 0.15) is 10.4 Å². The number of aromatic nitrogens is 1. The van der Waals surface area contributed by atoms with Crippen LogP contribution in [0, 0.1) is 0 Å². The third kappa shape index (κ3) is 2.79. The molecule has 2 heterocycles. The summed E-state index contributed by atoms with van der Waals surface area (Å²) in [5, 5.41) is 3.52. The Morgan fingerprint density at radius 3 is 2.81 bits per heavy atom. The Morgan fingerprint density at radius 2 is 1.96 bits per heavy atom. The van der Waals surface area contributed by atoms with E-state index in [0.717, 1.165) is 16.6 Å². The third-order valence-electron chi connectivity index (χ3n) is 4.62. The van der Waals surface area contributed by atoms with Gasteiger partial charge in [0.25, 0.3) is 5.91 Å². The zero-order valence-electron chi connectivity index (χ0n) is 14.4. The van der Waals surface area contributed by atoms with Crippen LogP contribution in [0.4, 0.5) is 5.69 Å². The van der Waals surface area contributed by atoms with Crippen molar-refractivity contribution in [3.05, 3.63) is 60.3 Å². The van der Waals surface area contributed by atoms with Crippen LogP contribution in [0.25, 0.3) is 10.9 Å². The zero-order valence-corrected chi connectivity index (χ0v) is 14.4. The molecule has 0 saturated carbocycles. The first-order valence-corrected chi connectivity index (χ1v) is 8.49. The Hall–Kier alpha value is -3.28. The number of aromatic amines is 1. The molecule has 0 bridgehead atoms. The van der Waals surface area contributed by atoms with E-state index < -0.39 is 6.10 Å². The molecule has 0 radical (unpaired) electrons. The number of rotatable bonds is 4. The molecule has 1 aromatic heterocycles. The van der Waals surface area contributed by atoms with Gasteiger partial charge in [-0.1, -0.05) is 30.3 Å². The minimum absolute atomic E-state index is 0.00481. The van der Waals surface area contributed by atoms with Crippen LogP contribution in [0.2, 0.25) is 0 Å². The number of nitrogens with one attached hydrogen (secondary N) is 2. The SMILES string of the molecule is CNC(=O)C1CN(CC(=O)c2c[nH]c3ccccc23)c2ccccc2O1. The van der Waals surface area contributed by atoms with E-state index in [9.17, 15) is 9.59 Å². The lowest BCUT2D eigenvalue weighted by Gasteiger charge is -2.35. The number of likely N-dealkylation sites (N-methyl/N-ethyl adjacent to an activating group) is 1. The van der Waals surface area contributed by atoms with Gasteiger partial charge in [0.2, 0.25) is 0 Å². The van der Waals surface area contributed by atoms with Gasteiger partial charge in [-0.2, -0.15) is 0 Å². The van der Waals surface area contributed by atoms with Crippen molar-refractivity contribution in [3.8, 4) is 5.75 Å². The largest absolute Gasteiger partial charge is 0.477 e. The lowest BCUT2D eigenvalue weighted by atomic mass is 10.1. The fourth-order valence-electron chi connectivity index (χ4n) is 3.31. The van der Waals surface area contributed by atoms with Crippen LogP contribution in [0.5, 0.6) is 5.75 Å². The summed E-state index contributed by atoms with van der Waals surface area (Å²) < 4.78 is 5.79. The van der Waals surface area contributed by atoms with Crippen molar-refractivity contribution in [1.29, 1.82) is 0 Å². The first-order valence-electron chi connectivity index (χ1n) is 8.49. The molecular formula is C20H19N3O3. The maximum atomic E-state index is 12.9. The number of nitrogens with zero attached hydrogens (tertiary/aromatic N) is 1. The summed E-state index contributed by atoms with van der Waals surface area (Å²) >= 11 is 0. The molecule has 0 saturated heterocycles. The lowest BCUT2D eigenvalue weighted by molar-refractivity contribution is -0.127. The predicted molar refractivity (Wildman–Crippen MR) is 99.8 cm³/mol. The number of amides is 1. The van der Waals surface area contributed by atoms with Crippen molar-refractivity contribution in [2.45, 2.75) is 6.10 Å². The van der Waals surface area contributed by atoms with Crippen molar-refractivity contribution >= 4 is 28.3 Å². The highest BCUT2D eigenvalue weighted by Gasteiger charge is 2.31. The number of para-hydroxylation sites is 3. The van der Waals surface area contributed by atoms with E-state index in [-0.39, 0.29) is 18.2 Å². The van der Waals surface area contributed by atoms with E-state index in [1.807, 2.05) is 53.4 Å². The molecular weight excluding hydrogens is 330 g/mol. The zero-order chi connectivity index (χ0) is 18.1. The summed E-state index contributed by atoms with van der Waals surface area (Å²) in [6.45, 7) is 0.500. The molecule has 6 heteroatoms. The van der Waals surface area contributed by atoms with E-state index in [0.29, 0.717) is 17.9 Å². The summed E-state index contributed by atoms with van der Waals surface area (Å²) in [6.07, 6.45) is 1.10. The number of ether oxygens (including phenoxy) is 1. The second kappa shape index (κ2) is 6.55. The lowest BCUT2D eigenvalue weighted by Crippen LogP contribution is -2.49. The van der Waals surface area contributed by atoms with Gasteiger partial charge in [0.05, 0.1) is 18.8 Å². The van der Waals surface area contributed by atoms with Crippen LogP contribution in [0.15, 0.2) is 54.7 Å². The molecule has 0 spiro atoms. The number of Topliss-reactive ketones (excluding diaryl/α,β-unsaturated/α-hetero) is 1. The normalized spacial score (nSPS) is 16.0. The van der Waals surface area contributed by atoms with E-state index in [4.69, 9.17) is 4.74 Å². The number of ketones is 1. The molecule has 6 nitrogen and oxygen atoms in total. The molecule has 2 aromatic carbocycles. The van der Waals surface area contributed by atoms with E-state index in [2.05, 4.69) is 10.3 Å². The quantitative estimate of drug-likeness (QED) is 0.709. The number of benzene rings is 2. The Kier molecular flexibility index (Phi) is 4.08. The maximum Gasteiger partial charge on any atom is 0.262 e. The van der Waals surface area contributed by atoms with Crippen LogP contribution in [-0.4, -0.2) is 42.9 Å². The standard InChI is InChI=1S/C20H19N3O3/c1-21-20(25)19-12-23(16-8-4-5-9-18(16)26-19)11-17(24)14-10-22-15-7-3-2-6-13(14)15/h2-10,19,22H,11-12H2,1H3,(H,21,25). The van der Waals surface area contributed by atoms with Crippen LogP contribution in [-0.2, 0) is 4.79 Å². The van der Waals surface area contributed by atoms with Crippen molar-refractivity contribution < 1.29 is 14.3 Å². The van der Waals surface area contributed by atoms with E-state index in [1.54, 1.807) is 13.2 Å². The molecule has 1 unspecified atom stereocenters. The van der Waals surface area contributed by atoms with Crippen LogP contribution in [0.3, 0.4) is 0 Å². The number of carbonyl (C=O) groups is 2. The number of hydrogen-bond donors (Lipinski definition) is 2. The molecule has 1 aliphatic rings. The second-order valence-electron chi connectivity index (χ2n) is 6.24. The predicted octanol–water partition coefficient (Wildman–Crippen LogP) is 2.36. The van der Waals surface area contributed by atoms with E-state index >= 15 is 0 Å². The van der Waals surface area contributed by atoms with Crippen molar-refractivity contribution in [3.63, 3.8) is 0 Å². The first-order chi connectivity index (χ1) is 12.7. The monoisotopic (exact) mass is 349 g/mol. The number of fused-ring (bicyclic) bond motifs is 2. The highest BCUT2D eigenvalue weighted by Crippen LogP contribution is 2.33. The molecule has 0 fully saturated rings. The van der Waals surface area contributed by atoms with Gasteiger partial charge in [0, 0.05) is 29.7 Å². The third-order valence-corrected chi connectivity index (χ3v) is 4.62. The Labute approximate surface area is 150 Å². The summed E-state index contributed by atoms with van der Waals surface area (Å²) in [4.78, 5) is 30.0. The molecule has 26 heavy (non-hydrogen) atoms. The molecule has 132 valence electrons. The summed E-state index contributed by atoms with van der Waals surface area (Å²) in [5.74, 6) is 0.401. The molecule has 1 amide bonds. The maximum absolute atomic E-state index is 12.9. The van der Waals surface area contributed by atoms with Crippen LogP contribution >= 0.6 is 0 Å². The molecule has 3 aromatic rings. The molecule has 0 aliphatic carbocycles. The fourth-order valence-corrected chi connectivity index (χ4v) is 3.31. The fraction of sp³-hybridized carbons (Fsp3) is 0.200. The van der Waals surface area contributed by atoms with E-state index in [1.165, 1.54) is 0 Å². The highest BCUT2D eigenvalue weighted by atomic mass is 16.5. The van der Waals surface area contributed by atoms with Gasteiger partial charge in [-0.3, -0.25) is 9.59 Å². The average Bonchev–Trinajstić information content (AvgIpc) is 3.11. The summed E-state index contributed by atoms with van der Waals surface area (Å²) in [7, 11) is 1.58. The minimum Gasteiger partial charge on any atom is -0.477 e. The van der Waals surface area contributed by atoms with Gasteiger partial charge in [0.15, 0.2) is 11.9 Å². The van der Waals surface area contributed by atoms with Crippen LogP contribution < -0.4 is 15.0 Å². The minimum atomic E-state index is -0.648. The van der Waals surface area contributed by atoms with Gasteiger partial charge >= 0.3 is 0 Å². The Bertz CT molecular complexity index is 979. The first kappa shape index (κ1) is 16.2. The average molecular weight is 349 g/mol. The number of H-pyrrole nitrogens is 1. The Morgan fingerprint density at radius 1 is 1.19 bits per heavy atom. The summed E-state index contributed by atoms with van der Waals surface area (Å²) in [6, 6.07) is 15.2. The van der Waals surface area contributed by atoms with Crippen molar-refractivity contribution in [2.24, 2.45) is 0 Å². The van der Waals surface area contributed by atoms with Crippen molar-refractivity contribution in [2.75, 3.05) is 25.0 Å². The summed E-state index contributed by atoms with van der Waals surface area (Å²) in [5.41, 5.74) is 2.41. The van der Waals surface area contributed by atoms with Gasteiger partial charge in [-0.25, -0.2) is 0 Å². The number of hydrogen-bond acceptors (Lipinski definition) is 4. The Balaban J connectivity index is 1.64. The highest BCUT2D eigenvalue weighted by molar-refractivity contribution is 6.09. The molecule has 1 atom stereocenters. The van der Waals surface area contributed by atoms with Gasteiger partial charge in [0.1, 0.15) is 5.75 Å². The second-order valence-corrected chi connectivity index (χ2v) is 6.24. The molecule has 2 N–H and O–H groups in total. The number of carbonyl (C=O) groups excluding carboxylic acids is 2. The molecule has 1 aliphatic heterocycles. The van der Waals surface area contributed by atoms with Gasteiger partial charge in [-0.05, 0) is 18.2 Å². The number of anilines is 1. The smallest absolute Gasteiger partial charge is 0.262 e. The van der Waals surface area contributed by atoms with Crippen molar-refractivity contribution in [1.82, 2.24) is 10.3 Å². The topological polar surface area (TPSA) is 74.4 Å². The van der Waals surface area contributed by atoms with Gasteiger partial charge < -0.3 is 19.9 Å². The molecule has 4 rings (SSSR count). The van der Waals surface area contributed by atoms with Gasteiger partial charge in [-0.15, -0.1) is 0 Å².